The van der Waals surface area contributed by atoms with E-state index in [1.165, 1.54) is 12.8 Å². The molecule has 0 bridgehead atoms. The molecule has 0 aliphatic carbocycles. The third kappa shape index (κ3) is 5.02. The normalized spacial score (nSPS) is 10.7. The highest BCUT2D eigenvalue weighted by Gasteiger charge is 2.05. The van der Waals surface area contributed by atoms with E-state index >= 15 is 0 Å². The van der Waals surface area contributed by atoms with E-state index in [0.717, 1.165) is 47.2 Å². The molecule has 0 fully saturated rings. The van der Waals surface area contributed by atoms with Gasteiger partial charge in [0.15, 0.2) is 0 Å². The van der Waals surface area contributed by atoms with Crippen LogP contribution in [-0.4, -0.2) is 16.8 Å². The van der Waals surface area contributed by atoms with Crippen LogP contribution in [0.15, 0.2) is 54.6 Å². The second kappa shape index (κ2) is 8.94. The Balaban J connectivity index is 1.54. The molecule has 1 aromatic heterocycles. The van der Waals surface area contributed by atoms with Gasteiger partial charge in [0.1, 0.15) is 18.1 Å². The van der Waals surface area contributed by atoms with Crippen molar-refractivity contribution in [3.05, 3.63) is 60.3 Å². The summed E-state index contributed by atoms with van der Waals surface area (Å²) in [5.41, 5.74) is 9.24. The van der Waals surface area contributed by atoms with Crippen molar-refractivity contribution >= 4 is 5.69 Å². The number of rotatable bonds is 9. The fourth-order valence-corrected chi connectivity index (χ4v) is 2.57. The van der Waals surface area contributed by atoms with Gasteiger partial charge in [0.25, 0.3) is 0 Å². The van der Waals surface area contributed by atoms with Crippen LogP contribution >= 0.6 is 0 Å². The van der Waals surface area contributed by atoms with Crippen molar-refractivity contribution in [3.8, 4) is 22.8 Å². The van der Waals surface area contributed by atoms with Crippen molar-refractivity contribution in [2.75, 3.05) is 12.3 Å². The summed E-state index contributed by atoms with van der Waals surface area (Å²) in [4.78, 5) is 0. The quantitative estimate of drug-likeness (QED) is 0.429. The van der Waals surface area contributed by atoms with Gasteiger partial charge in [-0.05, 0) is 61.0 Å². The molecule has 3 N–H and O–H groups in total. The molecule has 136 valence electrons. The van der Waals surface area contributed by atoms with E-state index in [1.54, 1.807) is 0 Å². The van der Waals surface area contributed by atoms with Crippen LogP contribution in [0, 0.1) is 0 Å². The number of nitrogen functional groups attached to an aromatic ring is 1. The standard InChI is InChI=1S/C21H25N3O2/c1-2-3-4-13-25-19-9-5-16(6-10-19)21-14-18(23-24-21)15-26-20-11-7-17(22)8-12-20/h5-12,14H,2-4,13,15,22H2,1H3,(H,23,24). The zero-order chi connectivity index (χ0) is 18.2. The number of aromatic amines is 1. The Morgan fingerprint density at radius 3 is 2.35 bits per heavy atom. The van der Waals surface area contributed by atoms with Crippen LogP contribution in [0.1, 0.15) is 31.9 Å². The molecule has 5 heteroatoms. The molecular weight excluding hydrogens is 326 g/mol. The third-order valence-electron chi connectivity index (χ3n) is 4.07. The summed E-state index contributed by atoms with van der Waals surface area (Å²) in [7, 11) is 0. The highest BCUT2D eigenvalue weighted by molar-refractivity contribution is 5.60. The lowest BCUT2D eigenvalue weighted by Gasteiger charge is -2.06. The molecule has 0 aliphatic heterocycles. The first-order chi connectivity index (χ1) is 12.7. The van der Waals surface area contributed by atoms with Crippen LogP contribution in [0.4, 0.5) is 5.69 Å². The molecule has 0 saturated carbocycles. The third-order valence-corrected chi connectivity index (χ3v) is 4.07. The maximum absolute atomic E-state index is 5.74. The minimum atomic E-state index is 0.426. The Labute approximate surface area is 154 Å². The summed E-state index contributed by atoms with van der Waals surface area (Å²) < 4.78 is 11.5. The van der Waals surface area contributed by atoms with Crippen LogP contribution < -0.4 is 15.2 Å². The van der Waals surface area contributed by atoms with Gasteiger partial charge in [-0.25, -0.2) is 0 Å². The van der Waals surface area contributed by atoms with Crippen molar-refractivity contribution in [2.45, 2.75) is 32.8 Å². The summed E-state index contributed by atoms with van der Waals surface area (Å²) in [5, 5.41) is 7.38. The van der Waals surface area contributed by atoms with E-state index in [-0.39, 0.29) is 0 Å². The van der Waals surface area contributed by atoms with Crippen molar-refractivity contribution in [2.24, 2.45) is 0 Å². The topological polar surface area (TPSA) is 73.2 Å². The first kappa shape index (κ1) is 17.9. The Hall–Kier alpha value is -2.95. The van der Waals surface area contributed by atoms with Crippen LogP contribution in [0.25, 0.3) is 11.3 Å². The van der Waals surface area contributed by atoms with E-state index < -0.39 is 0 Å². The molecule has 0 radical (unpaired) electrons. The molecule has 3 aromatic rings. The van der Waals surface area contributed by atoms with Crippen molar-refractivity contribution in [3.63, 3.8) is 0 Å². The Morgan fingerprint density at radius 2 is 1.62 bits per heavy atom. The van der Waals surface area contributed by atoms with Gasteiger partial charge in [-0.3, -0.25) is 5.10 Å². The molecule has 0 unspecified atom stereocenters. The van der Waals surface area contributed by atoms with E-state index in [9.17, 15) is 0 Å². The molecular formula is C21H25N3O2. The first-order valence-electron chi connectivity index (χ1n) is 9.00. The van der Waals surface area contributed by atoms with Crippen molar-refractivity contribution in [1.29, 1.82) is 0 Å². The SMILES string of the molecule is CCCCCOc1ccc(-c2cc(COc3ccc(N)cc3)[nH]n2)cc1. The lowest BCUT2D eigenvalue weighted by molar-refractivity contribution is 0.301. The highest BCUT2D eigenvalue weighted by Crippen LogP contribution is 2.22. The number of benzene rings is 2. The summed E-state index contributed by atoms with van der Waals surface area (Å²) in [6.45, 7) is 3.38. The first-order valence-corrected chi connectivity index (χ1v) is 9.00. The van der Waals surface area contributed by atoms with Gasteiger partial charge in [0.2, 0.25) is 0 Å². The van der Waals surface area contributed by atoms with E-state index in [4.69, 9.17) is 15.2 Å². The lowest BCUT2D eigenvalue weighted by atomic mass is 10.1. The molecule has 0 saturated heterocycles. The zero-order valence-electron chi connectivity index (χ0n) is 15.1. The number of aromatic nitrogens is 2. The van der Waals surface area contributed by atoms with Crippen LogP contribution in [0.2, 0.25) is 0 Å². The number of ether oxygens (including phenoxy) is 2. The number of hydrogen-bond acceptors (Lipinski definition) is 4. The van der Waals surface area contributed by atoms with Crippen LogP contribution in [0.3, 0.4) is 0 Å². The average Bonchev–Trinajstić information content (AvgIpc) is 3.14. The summed E-state index contributed by atoms with van der Waals surface area (Å²) in [5.74, 6) is 1.67. The summed E-state index contributed by atoms with van der Waals surface area (Å²) in [6.07, 6.45) is 3.49. The summed E-state index contributed by atoms with van der Waals surface area (Å²) in [6, 6.07) is 17.4. The van der Waals surface area contributed by atoms with Crippen LogP contribution in [-0.2, 0) is 6.61 Å². The predicted octanol–water partition coefficient (Wildman–Crippen LogP) is 4.81. The monoisotopic (exact) mass is 351 g/mol. The molecule has 2 aromatic carbocycles. The average molecular weight is 351 g/mol. The van der Waals surface area contributed by atoms with Crippen molar-refractivity contribution in [1.82, 2.24) is 10.2 Å². The van der Waals surface area contributed by atoms with Crippen molar-refractivity contribution < 1.29 is 9.47 Å². The second-order valence-electron chi connectivity index (χ2n) is 6.22. The zero-order valence-corrected chi connectivity index (χ0v) is 15.1. The smallest absolute Gasteiger partial charge is 0.130 e. The largest absolute Gasteiger partial charge is 0.494 e. The van der Waals surface area contributed by atoms with Gasteiger partial charge in [0, 0.05) is 11.3 Å². The van der Waals surface area contributed by atoms with Gasteiger partial charge in [-0.2, -0.15) is 5.10 Å². The fraction of sp³-hybridized carbons (Fsp3) is 0.286. The van der Waals surface area contributed by atoms with Gasteiger partial charge < -0.3 is 15.2 Å². The number of H-pyrrole nitrogens is 1. The molecule has 3 rings (SSSR count). The number of anilines is 1. The number of unbranched alkanes of at least 4 members (excludes halogenated alkanes) is 2. The number of nitrogens with two attached hydrogens (primary N) is 1. The molecule has 26 heavy (non-hydrogen) atoms. The van der Waals surface area contributed by atoms with E-state index in [2.05, 4.69) is 17.1 Å². The predicted molar refractivity (Wildman–Crippen MR) is 104 cm³/mol. The van der Waals surface area contributed by atoms with Gasteiger partial charge in [0.05, 0.1) is 18.0 Å². The Morgan fingerprint density at radius 1 is 0.923 bits per heavy atom. The number of hydrogen-bond donors (Lipinski definition) is 2. The second-order valence-corrected chi connectivity index (χ2v) is 6.22. The molecule has 5 nitrogen and oxygen atoms in total. The number of nitrogens with one attached hydrogen (secondary N) is 1. The molecule has 0 aliphatic rings. The maximum atomic E-state index is 5.74. The molecule has 1 heterocycles. The van der Waals surface area contributed by atoms with Gasteiger partial charge >= 0.3 is 0 Å². The highest BCUT2D eigenvalue weighted by atomic mass is 16.5. The fourth-order valence-electron chi connectivity index (χ4n) is 2.57. The van der Waals surface area contributed by atoms with E-state index in [1.807, 2.05) is 54.6 Å². The minimum Gasteiger partial charge on any atom is -0.494 e. The Bertz CT molecular complexity index is 795. The minimum absolute atomic E-state index is 0.426. The maximum Gasteiger partial charge on any atom is 0.130 e. The van der Waals surface area contributed by atoms with E-state index in [0.29, 0.717) is 6.61 Å². The molecule has 0 atom stereocenters. The van der Waals surface area contributed by atoms with Gasteiger partial charge in [-0.1, -0.05) is 19.8 Å². The lowest BCUT2D eigenvalue weighted by Crippen LogP contribution is -1.96. The van der Waals surface area contributed by atoms with Gasteiger partial charge in [-0.15, -0.1) is 0 Å². The summed E-state index contributed by atoms with van der Waals surface area (Å²) >= 11 is 0. The molecule has 0 amide bonds. The van der Waals surface area contributed by atoms with Crippen LogP contribution in [0.5, 0.6) is 11.5 Å². The molecule has 0 spiro atoms. The number of nitrogens with zero attached hydrogens (tertiary/aromatic N) is 1. The Kier molecular flexibility index (Phi) is 6.14.